The maximum atomic E-state index is 2.63. The number of hydrogen-bond donors (Lipinski definition) is 0. The highest BCUT2D eigenvalue weighted by Crippen LogP contribution is 2.58. The van der Waals surface area contributed by atoms with Crippen molar-refractivity contribution in [2.24, 2.45) is 11.8 Å². The molecular formula is C58H55N. The van der Waals surface area contributed by atoms with Gasteiger partial charge in [-0.05, 0) is 136 Å². The predicted molar refractivity (Wildman–Crippen MR) is 249 cm³/mol. The van der Waals surface area contributed by atoms with Gasteiger partial charge in [0.05, 0.1) is 11.4 Å². The number of nitrogens with zero attached hydrogens (tertiary/aromatic N) is 1. The Morgan fingerprint density at radius 2 is 1.14 bits per heavy atom. The van der Waals surface area contributed by atoms with E-state index in [-0.39, 0.29) is 5.41 Å². The van der Waals surface area contributed by atoms with Crippen LogP contribution < -0.4 is 4.90 Å². The number of anilines is 3. The molecule has 3 fully saturated rings. The summed E-state index contributed by atoms with van der Waals surface area (Å²) in [7, 11) is 0. The van der Waals surface area contributed by atoms with Crippen LogP contribution >= 0.6 is 0 Å². The fraction of sp³-hybridized carbons (Fsp3) is 0.276. The second-order valence-electron chi connectivity index (χ2n) is 18.6. The van der Waals surface area contributed by atoms with Crippen LogP contribution in [-0.2, 0) is 5.41 Å². The lowest BCUT2D eigenvalue weighted by molar-refractivity contribution is 0.420. The van der Waals surface area contributed by atoms with Crippen molar-refractivity contribution in [3.8, 4) is 44.5 Å². The maximum Gasteiger partial charge on any atom is 0.0544 e. The van der Waals surface area contributed by atoms with Crippen molar-refractivity contribution in [2.75, 3.05) is 4.90 Å². The topological polar surface area (TPSA) is 3.24 Å². The van der Waals surface area contributed by atoms with Gasteiger partial charge in [0.1, 0.15) is 0 Å². The minimum absolute atomic E-state index is 0.217. The molecule has 0 saturated heterocycles. The van der Waals surface area contributed by atoms with Gasteiger partial charge in [-0.2, -0.15) is 0 Å². The summed E-state index contributed by atoms with van der Waals surface area (Å²) in [6.45, 7) is 4.89. The quantitative estimate of drug-likeness (QED) is 0.149. The summed E-state index contributed by atoms with van der Waals surface area (Å²) in [5.41, 5.74) is 19.7. The molecule has 292 valence electrons. The SMILES string of the molecule is CC1(C)c2ccccc2-c2ccc(N(c3ccc(C4CC5CCC4C5)cc3)c3ccccc3-c3ccccc3C3CCCCC3)c(-c3ccccc3-c3ccccc3)c21. The zero-order valence-electron chi connectivity index (χ0n) is 34.7. The fourth-order valence-electron chi connectivity index (χ4n) is 12.2. The predicted octanol–water partition coefficient (Wildman–Crippen LogP) is 16.4. The normalized spacial score (nSPS) is 20.3. The van der Waals surface area contributed by atoms with Crippen molar-refractivity contribution in [3.05, 3.63) is 186 Å². The van der Waals surface area contributed by atoms with Crippen LogP contribution in [0.4, 0.5) is 17.1 Å². The van der Waals surface area contributed by atoms with Crippen molar-refractivity contribution >= 4 is 17.1 Å². The molecule has 3 unspecified atom stereocenters. The number of rotatable bonds is 8. The summed E-state index contributed by atoms with van der Waals surface area (Å²) < 4.78 is 0. The third-order valence-electron chi connectivity index (χ3n) is 15.0. The minimum Gasteiger partial charge on any atom is -0.309 e. The molecule has 0 heterocycles. The maximum absolute atomic E-state index is 2.63. The zero-order valence-corrected chi connectivity index (χ0v) is 34.7. The first-order valence-electron chi connectivity index (χ1n) is 22.5. The van der Waals surface area contributed by atoms with Gasteiger partial charge < -0.3 is 4.90 Å². The van der Waals surface area contributed by atoms with Crippen LogP contribution in [0.25, 0.3) is 44.5 Å². The standard InChI is InChI=1S/C58H55N/c1-58(2)53-27-15-13-24-48(53)51-35-36-55(56(57(51)58)50-26-12-10-22-46(50)41-19-7-4-8-20-41)59(44-33-31-42(32-34-44)52-38-39-29-30-43(52)37-39)54-28-16-14-25-49(54)47-23-11-9-21-45(47)40-17-5-3-6-18-40/h4,7-16,19-28,31-36,39-40,43,52H,3,5-6,17-18,29-30,37-38H2,1-2H3. The van der Waals surface area contributed by atoms with Gasteiger partial charge in [0.15, 0.2) is 0 Å². The van der Waals surface area contributed by atoms with Gasteiger partial charge in [-0.1, -0.05) is 179 Å². The molecule has 4 aliphatic carbocycles. The Kier molecular flexibility index (Phi) is 9.18. The van der Waals surface area contributed by atoms with Crippen LogP contribution in [0, 0.1) is 11.8 Å². The van der Waals surface area contributed by atoms with Crippen molar-refractivity contribution in [3.63, 3.8) is 0 Å². The summed E-state index contributed by atoms with van der Waals surface area (Å²) in [4.78, 5) is 2.63. The molecule has 3 atom stereocenters. The van der Waals surface area contributed by atoms with Crippen LogP contribution in [-0.4, -0.2) is 0 Å². The molecule has 0 spiro atoms. The van der Waals surface area contributed by atoms with Gasteiger partial charge in [0.2, 0.25) is 0 Å². The van der Waals surface area contributed by atoms with Gasteiger partial charge in [-0.3, -0.25) is 0 Å². The molecule has 59 heavy (non-hydrogen) atoms. The summed E-state index contributed by atoms with van der Waals surface area (Å²) in [6.07, 6.45) is 12.1. The Hall–Kier alpha value is -5.66. The Morgan fingerprint density at radius 1 is 0.475 bits per heavy atom. The summed E-state index contributed by atoms with van der Waals surface area (Å²) in [6, 6.07) is 62.6. The molecule has 1 heteroatoms. The van der Waals surface area contributed by atoms with Crippen molar-refractivity contribution in [1.29, 1.82) is 0 Å². The lowest BCUT2D eigenvalue weighted by atomic mass is 9.77. The first-order chi connectivity index (χ1) is 29.0. The molecule has 4 aliphatic rings. The lowest BCUT2D eigenvalue weighted by Crippen LogP contribution is -2.19. The van der Waals surface area contributed by atoms with E-state index in [0.717, 1.165) is 11.8 Å². The van der Waals surface area contributed by atoms with E-state index < -0.39 is 0 Å². The zero-order chi connectivity index (χ0) is 39.5. The van der Waals surface area contributed by atoms with Gasteiger partial charge in [-0.15, -0.1) is 0 Å². The second-order valence-corrected chi connectivity index (χ2v) is 18.6. The van der Waals surface area contributed by atoms with E-state index >= 15 is 0 Å². The monoisotopic (exact) mass is 765 g/mol. The largest absolute Gasteiger partial charge is 0.309 e. The second kappa shape index (κ2) is 14.9. The first-order valence-corrected chi connectivity index (χ1v) is 22.5. The van der Waals surface area contributed by atoms with E-state index in [1.54, 1.807) is 0 Å². The van der Waals surface area contributed by atoms with Crippen LogP contribution in [0.15, 0.2) is 164 Å². The van der Waals surface area contributed by atoms with Crippen molar-refractivity contribution in [1.82, 2.24) is 0 Å². The van der Waals surface area contributed by atoms with E-state index in [1.165, 1.54) is 142 Å². The van der Waals surface area contributed by atoms with Crippen molar-refractivity contribution < 1.29 is 0 Å². The molecule has 3 saturated carbocycles. The van der Waals surface area contributed by atoms with E-state index in [1.807, 2.05) is 0 Å². The molecule has 1 nitrogen and oxygen atoms in total. The molecule has 7 aromatic rings. The minimum atomic E-state index is -0.217. The van der Waals surface area contributed by atoms with Gasteiger partial charge in [0.25, 0.3) is 0 Å². The van der Waals surface area contributed by atoms with E-state index in [4.69, 9.17) is 0 Å². The molecule has 2 bridgehead atoms. The first kappa shape index (κ1) is 36.4. The Labute approximate surface area is 351 Å². The highest BCUT2D eigenvalue weighted by molar-refractivity contribution is 6.02. The van der Waals surface area contributed by atoms with Crippen molar-refractivity contribution in [2.45, 2.75) is 88.9 Å². The summed E-state index contributed by atoms with van der Waals surface area (Å²) >= 11 is 0. The van der Waals surface area contributed by atoms with Gasteiger partial charge >= 0.3 is 0 Å². The Bertz CT molecular complexity index is 2640. The smallest absolute Gasteiger partial charge is 0.0544 e. The molecule has 0 amide bonds. The van der Waals surface area contributed by atoms with E-state index in [9.17, 15) is 0 Å². The number of fused-ring (bicyclic) bond motifs is 5. The Morgan fingerprint density at radius 3 is 1.88 bits per heavy atom. The number of hydrogen-bond acceptors (Lipinski definition) is 1. The van der Waals surface area contributed by atoms with Crippen LogP contribution in [0.1, 0.15) is 106 Å². The molecule has 0 aromatic heterocycles. The third kappa shape index (κ3) is 6.19. The van der Waals surface area contributed by atoms with Gasteiger partial charge in [-0.25, -0.2) is 0 Å². The molecule has 7 aromatic carbocycles. The molecule has 11 rings (SSSR count). The van der Waals surface area contributed by atoms with E-state index in [0.29, 0.717) is 11.8 Å². The summed E-state index contributed by atoms with van der Waals surface area (Å²) in [5, 5.41) is 0. The van der Waals surface area contributed by atoms with Crippen LogP contribution in [0.5, 0.6) is 0 Å². The molecule has 0 N–H and O–H groups in total. The fourth-order valence-corrected chi connectivity index (χ4v) is 12.2. The highest BCUT2D eigenvalue weighted by Gasteiger charge is 2.41. The summed E-state index contributed by atoms with van der Waals surface area (Å²) in [5.74, 6) is 3.05. The third-order valence-corrected chi connectivity index (χ3v) is 15.0. The van der Waals surface area contributed by atoms with E-state index in [2.05, 4.69) is 183 Å². The van der Waals surface area contributed by atoms with Gasteiger partial charge in [0, 0.05) is 22.2 Å². The molecule has 0 aliphatic heterocycles. The lowest BCUT2D eigenvalue weighted by Gasteiger charge is -2.34. The number of benzene rings is 7. The molecular weight excluding hydrogens is 711 g/mol. The molecule has 0 radical (unpaired) electrons. The van der Waals surface area contributed by atoms with Crippen LogP contribution in [0.3, 0.4) is 0 Å². The average molecular weight is 766 g/mol. The Balaban J connectivity index is 1.18. The number of para-hydroxylation sites is 1. The average Bonchev–Trinajstić information content (AvgIpc) is 4.00. The highest BCUT2D eigenvalue weighted by atomic mass is 15.1. The van der Waals surface area contributed by atoms with Crippen LogP contribution in [0.2, 0.25) is 0 Å².